The number of ketones is 2. The van der Waals surface area contributed by atoms with Gasteiger partial charge in [0, 0.05) is 12.5 Å². The molecule has 1 aromatic carbocycles. The highest BCUT2D eigenvalue weighted by molar-refractivity contribution is 6.08. The van der Waals surface area contributed by atoms with Crippen molar-refractivity contribution in [2.75, 3.05) is 0 Å². The van der Waals surface area contributed by atoms with Crippen LogP contribution < -0.4 is 0 Å². The molecule has 0 spiro atoms. The highest BCUT2D eigenvalue weighted by atomic mass is 16.2. The second-order valence-electron chi connectivity index (χ2n) is 5.76. The number of para-hydroxylation sites is 2. The molecule has 0 unspecified atom stereocenters. The van der Waals surface area contributed by atoms with E-state index in [1.165, 1.54) is 0 Å². The van der Waals surface area contributed by atoms with Gasteiger partial charge in [0.2, 0.25) is 5.78 Å². The Bertz CT molecular complexity index is 648. The zero-order chi connectivity index (χ0) is 14.2. The summed E-state index contributed by atoms with van der Waals surface area (Å²) in [6.07, 6.45) is -0.0966. The Balaban J connectivity index is 2.32. The van der Waals surface area contributed by atoms with Crippen LogP contribution in [0.4, 0.5) is 0 Å². The summed E-state index contributed by atoms with van der Waals surface area (Å²) in [6, 6.07) is 7.55. The molecule has 0 bridgehead atoms. The Hall–Kier alpha value is -1.97. The molecule has 1 aromatic heterocycles. The van der Waals surface area contributed by atoms with E-state index in [-0.39, 0.29) is 18.0 Å². The molecular formula is C15H18N2O2. The average Bonchev–Trinajstić information content (AvgIpc) is 2.66. The van der Waals surface area contributed by atoms with E-state index >= 15 is 0 Å². The van der Waals surface area contributed by atoms with E-state index in [1.54, 1.807) is 11.6 Å². The highest BCUT2D eigenvalue weighted by Gasteiger charge is 2.26. The van der Waals surface area contributed by atoms with E-state index in [4.69, 9.17) is 0 Å². The molecule has 0 N–H and O–H groups in total. The molecule has 0 aliphatic carbocycles. The number of carbonyl (C=O) groups is 2. The van der Waals surface area contributed by atoms with Gasteiger partial charge >= 0.3 is 0 Å². The Morgan fingerprint density at radius 2 is 1.84 bits per heavy atom. The maximum atomic E-state index is 12.2. The van der Waals surface area contributed by atoms with E-state index in [9.17, 15) is 9.59 Å². The van der Waals surface area contributed by atoms with Gasteiger partial charge in [0.25, 0.3) is 0 Å². The van der Waals surface area contributed by atoms with Gasteiger partial charge in [-0.2, -0.15) is 0 Å². The van der Waals surface area contributed by atoms with Crippen molar-refractivity contribution < 1.29 is 9.59 Å². The Morgan fingerprint density at radius 1 is 1.21 bits per heavy atom. The van der Waals surface area contributed by atoms with Gasteiger partial charge in [-0.15, -0.1) is 0 Å². The van der Waals surface area contributed by atoms with Crippen LogP contribution in [-0.4, -0.2) is 21.1 Å². The van der Waals surface area contributed by atoms with Gasteiger partial charge in [-0.05, 0) is 12.1 Å². The van der Waals surface area contributed by atoms with E-state index in [2.05, 4.69) is 4.98 Å². The van der Waals surface area contributed by atoms with Crippen LogP contribution in [0.5, 0.6) is 0 Å². The predicted octanol–water partition coefficient (Wildman–Crippen LogP) is 2.76. The van der Waals surface area contributed by atoms with Gasteiger partial charge in [0.05, 0.1) is 17.5 Å². The van der Waals surface area contributed by atoms with Crippen molar-refractivity contribution in [3.05, 3.63) is 30.1 Å². The first-order chi connectivity index (χ1) is 8.80. The van der Waals surface area contributed by atoms with Gasteiger partial charge in [-0.25, -0.2) is 4.98 Å². The molecule has 0 atom stereocenters. The molecule has 0 saturated carbocycles. The van der Waals surface area contributed by atoms with Crippen molar-refractivity contribution >= 4 is 22.6 Å². The Morgan fingerprint density at radius 3 is 2.42 bits per heavy atom. The smallest absolute Gasteiger partial charge is 0.205 e. The molecule has 0 radical (unpaired) electrons. The van der Waals surface area contributed by atoms with Crippen molar-refractivity contribution in [3.63, 3.8) is 0 Å². The minimum absolute atomic E-state index is 0.0652. The topological polar surface area (TPSA) is 52.0 Å². The lowest BCUT2D eigenvalue weighted by molar-refractivity contribution is -0.125. The number of hydrogen-bond donors (Lipinski definition) is 0. The number of imidazole rings is 1. The zero-order valence-corrected chi connectivity index (χ0v) is 11.7. The SMILES string of the molecule is Cn1c(C(=O)CC(=O)C(C)(C)C)nc2ccccc21. The number of benzene rings is 1. The van der Waals surface area contributed by atoms with Crippen LogP contribution >= 0.6 is 0 Å². The number of nitrogens with zero attached hydrogens (tertiary/aromatic N) is 2. The van der Waals surface area contributed by atoms with Crippen LogP contribution in [-0.2, 0) is 11.8 Å². The van der Waals surface area contributed by atoms with Gasteiger partial charge in [0.1, 0.15) is 5.78 Å². The Kier molecular flexibility index (Phi) is 3.27. The largest absolute Gasteiger partial charge is 0.325 e. The summed E-state index contributed by atoms with van der Waals surface area (Å²) in [5, 5.41) is 0. The molecule has 2 rings (SSSR count). The lowest BCUT2D eigenvalue weighted by Gasteiger charge is -2.15. The first-order valence-corrected chi connectivity index (χ1v) is 6.28. The van der Waals surface area contributed by atoms with Crippen molar-refractivity contribution in [2.45, 2.75) is 27.2 Å². The number of aromatic nitrogens is 2. The maximum Gasteiger partial charge on any atom is 0.205 e. The predicted molar refractivity (Wildman–Crippen MR) is 74.1 cm³/mol. The van der Waals surface area contributed by atoms with Crippen LogP contribution in [0, 0.1) is 5.41 Å². The lowest BCUT2D eigenvalue weighted by atomic mass is 9.88. The summed E-state index contributed by atoms with van der Waals surface area (Å²) in [5.74, 6) is 0.0574. The number of hydrogen-bond acceptors (Lipinski definition) is 3. The summed E-state index contributed by atoms with van der Waals surface area (Å²) in [4.78, 5) is 28.4. The fourth-order valence-corrected chi connectivity index (χ4v) is 1.88. The minimum Gasteiger partial charge on any atom is -0.325 e. The molecule has 0 aliphatic heterocycles. The van der Waals surface area contributed by atoms with E-state index in [0.717, 1.165) is 11.0 Å². The third kappa shape index (κ3) is 2.57. The van der Waals surface area contributed by atoms with Gasteiger partial charge in [-0.1, -0.05) is 32.9 Å². The highest BCUT2D eigenvalue weighted by Crippen LogP contribution is 2.20. The summed E-state index contributed by atoms with van der Waals surface area (Å²) in [7, 11) is 1.80. The van der Waals surface area contributed by atoms with E-state index < -0.39 is 5.41 Å². The Labute approximate surface area is 112 Å². The maximum absolute atomic E-state index is 12.2. The summed E-state index contributed by atoms with van der Waals surface area (Å²) in [5.41, 5.74) is 1.17. The van der Waals surface area contributed by atoms with Crippen LogP contribution in [0.2, 0.25) is 0 Å². The number of rotatable bonds is 3. The summed E-state index contributed by atoms with van der Waals surface area (Å²) < 4.78 is 1.74. The molecular weight excluding hydrogens is 240 g/mol. The quantitative estimate of drug-likeness (QED) is 0.628. The second-order valence-corrected chi connectivity index (χ2v) is 5.76. The normalized spacial score (nSPS) is 11.8. The third-order valence-electron chi connectivity index (χ3n) is 3.19. The first kappa shape index (κ1) is 13.5. The summed E-state index contributed by atoms with van der Waals surface area (Å²) in [6.45, 7) is 5.45. The van der Waals surface area contributed by atoms with Crippen molar-refractivity contribution in [3.8, 4) is 0 Å². The fourth-order valence-electron chi connectivity index (χ4n) is 1.88. The minimum atomic E-state index is -0.500. The number of carbonyl (C=O) groups excluding carboxylic acids is 2. The first-order valence-electron chi connectivity index (χ1n) is 6.28. The fraction of sp³-hybridized carbons (Fsp3) is 0.400. The number of fused-ring (bicyclic) bond motifs is 1. The monoisotopic (exact) mass is 258 g/mol. The molecule has 0 fully saturated rings. The lowest BCUT2D eigenvalue weighted by Crippen LogP contribution is -2.24. The van der Waals surface area contributed by atoms with Crippen LogP contribution in [0.15, 0.2) is 24.3 Å². The van der Waals surface area contributed by atoms with Gasteiger partial charge < -0.3 is 4.57 Å². The molecule has 19 heavy (non-hydrogen) atoms. The molecule has 0 saturated heterocycles. The van der Waals surface area contributed by atoms with Gasteiger partial charge in [0.15, 0.2) is 5.82 Å². The van der Waals surface area contributed by atoms with E-state index in [1.807, 2.05) is 45.0 Å². The van der Waals surface area contributed by atoms with Crippen molar-refractivity contribution in [2.24, 2.45) is 12.5 Å². The van der Waals surface area contributed by atoms with Crippen LogP contribution in [0.25, 0.3) is 11.0 Å². The summed E-state index contributed by atoms with van der Waals surface area (Å²) >= 11 is 0. The average molecular weight is 258 g/mol. The molecule has 1 heterocycles. The van der Waals surface area contributed by atoms with Crippen molar-refractivity contribution in [1.29, 1.82) is 0 Å². The third-order valence-corrected chi connectivity index (χ3v) is 3.19. The second kappa shape index (κ2) is 4.61. The van der Waals surface area contributed by atoms with Crippen LogP contribution in [0.1, 0.15) is 37.8 Å². The molecule has 0 amide bonds. The van der Waals surface area contributed by atoms with E-state index in [0.29, 0.717) is 5.82 Å². The molecule has 0 aliphatic rings. The van der Waals surface area contributed by atoms with Crippen LogP contribution in [0.3, 0.4) is 0 Å². The number of Topliss-reactive ketones (excluding diaryl/α,β-unsaturated/α-hetero) is 2. The molecule has 4 heteroatoms. The molecule has 100 valence electrons. The zero-order valence-electron chi connectivity index (χ0n) is 11.7. The standard InChI is InChI=1S/C15H18N2O2/c1-15(2,3)13(19)9-12(18)14-16-10-7-5-6-8-11(10)17(14)4/h5-8H,9H2,1-4H3. The van der Waals surface area contributed by atoms with Crippen molar-refractivity contribution in [1.82, 2.24) is 9.55 Å². The number of aryl methyl sites for hydroxylation is 1. The molecule has 4 nitrogen and oxygen atoms in total. The van der Waals surface area contributed by atoms with Gasteiger partial charge in [-0.3, -0.25) is 9.59 Å². The molecule has 2 aromatic rings.